The van der Waals surface area contributed by atoms with Crippen LogP contribution in [0.1, 0.15) is 25.1 Å². The number of hydrogen-bond acceptors (Lipinski definition) is 6. The molecule has 1 fully saturated rings. The minimum atomic E-state index is -0.234. The van der Waals surface area contributed by atoms with E-state index in [1.54, 1.807) is 18.3 Å². The number of nitrogens with zero attached hydrogens (tertiary/aromatic N) is 1. The second-order valence-electron chi connectivity index (χ2n) is 6.42. The predicted octanol–water partition coefficient (Wildman–Crippen LogP) is 3.88. The first-order chi connectivity index (χ1) is 13.5. The number of halogens is 1. The number of amides is 1. The molecule has 1 N–H and O–H groups in total. The van der Waals surface area contributed by atoms with Crippen molar-refractivity contribution in [1.82, 2.24) is 10.3 Å². The van der Waals surface area contributed by atoms with Crippen LogP contribution < -0.4 is 14.8 Å². The van der Waals surface area contributed by atoms with Gasteiger partial charge in [0.1, 0.15) is 16.4 Å². The van der Waals surface area contributed by atoms with Gasteiger partial charge in [-0.1, -0.05) is 34.8 Å². The van der Waals surface area contributed by atoms with Crippen LogP contribution >= 0.6 is 22.9 Å². The minimum Gasteiger partial charge on any atom is -0.493 e. The third-order valence-corrected chi connectivity index (χ3v) is 5.01. The monoisotopic (exact) mass is 420 g/mol. The van der Waals surface area contributed by atoms with Crippen molar-refractivity contribution in [2.75, 3.05) is 19.8 Å². The summed E-state index contributed by atoms with van der Waals surface area (Å²) in [4.78, 5) is 15.9. The van der Waals surface area contributed by atoms with Gasteiger partial charge in [0.15, 0.2) is 0 Å². The zero-order valence-electron chi connectivity index (χ0n) is 15.7. The number of thiazole rings is 1. The van der Waals surface area contributed by atoms with Gasteiger partial charge in [0.05, 0.1) is 30.5 Å². The Bertz CT molecular complexity index is 884. The highest BCUT2D eigenvalue weighted by Crippen LogP contribution is 2.34. The Morgan fingerprint density at radius 1 is 1.54 bits per heavy atom. The third kappa shape index (κ3) is 6.13. The standard InChI is InChI=1S/C20H21ClN2O4S/c1-13(23-14(2)24)3-5-17-10-22-20(28-17)27-19-6-4-16(9-18(19)21)26-12-15-7-8-25-11-15/h4,6,9-10,13,15H,7-8,11-12H2,1-2H3,(H,23,24). The summed E-state index contributed by atoms with van der Waals surface area (Å²) in [7, 11) is 0. The van der Waals surface area contributed by atoms with Gasteiger partial charge in [-0.05, 0) is 25.5 Å². The van der Waals surface area contributed by atoms with Gasteiger partial charge in [-0.25, -0.2) is 4.98 Å². The van der Waals surface area contributed by atoms with Crippen LogP contribution in [-0.2, 0) is 9.53 Å². The fourth-order valence-corrected chi connectivity index (χ4v) is 3.41. The van der Waals surface area contributed by atoms with Crippen LogP contribution in [0.5, 0.6) is 16.7 Å². The number of carbonyl (C=O) groups is 1. The molecule has 1 amide bonds. The van der Waals surface area contributed by atoms with Gasteiger partial charge in [0.25, 0.3) is 5.19 Å². The Morgan fingerprint density at radius 2 is 2.39 bits per heavy atom. The van der Waals surface area contributed by atoms with Gasteiger partial charge in [0.2, 0.25) is 5.91 Å². The fraction of sp³-hybridized carbons (Fsp3) is 0.400. The van der Waals surface area contributed by atoms with Gasteiger partial charge < -0.3 is 19.5 Å². The molecule has 0 saturated carbocycles. The molecule has 2 aromatic rings. The van der Waals surface area contributed by atoms with E-state index in [4.69, 9.17) is 25.8 Å². The minimum absolute atomic E-state index is 0.117. The van der Waals surface area contributed by atoms with E-state index in [2.05, 4.69) is 22.1 Å². The number of hydrogen-bond donors (Lipinski definition) is 1. The van der Waals surface area contributed by atoms with E-state index in [0.717, 1.165) is 24.5 Å². The second kappa shape index (κ2) is 9.78. The Hall–Kier alpha value is -2.27. The van der Waals surface area contributed by atoms with E-state index in [1.165, 1.54) is 18.3 Å². The molecule has 1 aliphatic rings. The van der Waals surface area contributed by atoms with E-state index in [9.17, 15) is 4.79 Å². The van der Waals surface area contributed by atoms with Crippen LogP contribution in [-0.4, -0.2) is 36.8 Å². The summed E-state index contributed by atoms with van der Waals surface area (Å²) in [5, 5.41) is 3.59. The summed E-state index contributed by atoms with van der Waals surface area (Å²) in [5.41, 5.74) is 0. The Kier molecular flexibility index (Phi) is 7.15. The van der Waals surface area contributed by atoms with Crippen molar-refractivity contribution >= 4 is 28.8 Å². The van der Waals surface area contributed by atoms with Crippen molar-refractivity contribution in [2.45, 2.75) is 26.3 Å². The lowest BCUT2D eigenvalue weighted by atomic mass is 10.1. The highest BCUT2D eigenvalue weighted by atomic mass is 35.5. The first kappa shape index (κ1) is 20.5. The van der Waals surface area contributed by atoms with Gasteiger partial charge in [0, 0.05) is 25.5 Å². The molecule has 1 saturated heterocycles. The lowest BCUT2D eigenvalue weighted by Gasteiger charge is -2.11. The summed E-state index contributed by atoms with van der Waals surface area (Å²) in [5.74, 6) is 7.42. The molecule has 2 atom stereocenters. The first-order valence-electron chi connectivity index (χ1n) is 8.92. The molecule has 1 aromatic carbocycles. The number of carbonyl (C=O) groups excluding carboxylic acids is 1. The lowest BCUT2D eigenvalue weighted by molar-refractivity contribution is -0.119. The van der Waals surface area contributed by atoms with Gasteiger partial charge >= 0.3 is 0 Å². The Balaban J connectivity index is 1.57. The van der Waals surface area contributed by atoms with Gasteiger partial charge in [-0.2, -0.15) is 0 Å². The van der Waals surface area contributed by atoms with Crippen molar-refractivity contribution in [3.05, 3.63) is 34.3 Å². The Morgan fingerprint density at radius 3 is 3.11 bits per heavy atom. The number of nitrogens with one attached hydrogen (secondary N) is 1. The van der Waals surface area contributed by atoms with Crippen molar-refractivity contribution < 1.29 is 19.0 Å². The van der Waals surface area contributed by atoms with Crippen molar-refractivity contribution in [3.8, 4) is 28.5 Å². The zero-order valence-corrected chi connectivity index (χ0v) is 17.2. The van der Waals surface area contributed by atoms with Gasteiger partial charge in [-0.3, -0.25) is 4.79 Å². The molecule has 0 spiro atoms. The molecule has 0 aliphatic carbocycles. The largest absolute Gasteiger partial charge is 0.493 e. The number of rotatable bonds is 6. The van der Waals surface area contributed by atoms with E-state index >= 15 is 0 Å². The van der Waals surface area contributed by atoms with Crippen LogP contribution in [0.4, 0.5) is 0 Å². The molecule has 1 aliphatic heterocycles. The zero-order chi connectivity index (χ0) is 19.9. The summed E-state index contributed by atoms with van der Waals surface area (Å²) in [6, 6.07) is 5.08. The Labute approximate surface area is 173 Å². The molecule has 6 nitrogen and oxygen atoms in total. The normalized spacial score (nSPS) is 16.8. The number of aromatic nitrogens is 1. The van der Waals surface area contributed by atoms with Crippen LogP contribution in [0.2, 0.25) is 5.02 Å². The van der Waals surface area contributed by atoms with E-state index in [1.807, 2.05) is 13.0 Å². The molecule has 28 heavy (non-hydrogen) atoms. The smallest absolute Gasteiger partial charge is 0.279 e. The first-order valence-corrected chi connectivity index (χ1v) is 10.1. The van der Waals surface area contributed by atoms with Crippen LogP contribution in [0.3, 0.4) is 0 Å². The van der Waals surface area contributed by atoms with Crippen LogP contribution in [0.25, 0.3) is 0 Å². The molecule has 0 bridgehead atoms. The molecule has 2 heterocycles. The maximum Gasteiger partial charge on any atom is 0.279 e. The summed E-state index contributed by atoms with van der Waals surface area (Å²) >= 11 is 7.62. The molecular weight excluding hydrogens is 400 g/mol. The van der Waals surface area contributed by atoms with Crippen LogP contribution in [0, 0.1) is 17.8 Å². The highest BCUT2D eigenvalue weighted by Gasteiger charge is 2.16. The molecule has 148 valence electrons. The predicted molar refractivity (Wildman–Crippen MR) is 108 cm³/mol. The highest BCUT2D eigenvalue weighted by molar-refractivity contribution is 7.13. The SMILES string of the molecule is CC(=O)NC(C)C#Cc1cnc(Oc2ccc(OCC3CCOC3)cc2Cl)s1. The number of benzene rings is 1. The van der Waals surface area contributed by atoms with E-state index < -0.39 is 0 Å². The molecule has 8 heteroatoms. The second-order valence-corrected chi connectivity index (χ2v) is 7.82. The molecule has 2 unspecified atom stereocenters. The van der Waals surface area contributed by atoms with E-state index in [-0.39, 0.29) is 11.9 Å². The topological polar surface area (TPSA) is 69.7 Å². The van der Waals surface area contributed by atoms with E-state index in [0.29, 0.717) is 34.2 Å². The lowest BCUT2D eigenvalue weighted by Crippen LogP contribution is -2.28. The molecular formula is C20H21ClN2O4S. The summed E-state index contributed by atoms with van der Waals surface area (Å²) in [6.07, 6.45) is 2.65. The summed E-state index contributed by atoms with van der Waals surface area (Å²) in [6.45, 7) is 5.43. The maximum absolute atomic E-state index is 11.0. The quantitative estimate of drug-likeness (QED) is 0.718. The fourth-order valence-electron chi connectivity index (χ4n) is 2.56. The number of ether oxygens (including phenoxy) is 3. The summed E-state index contributed by atoms with van der Waals surface area (Å²) < 4.78 is 16.9. The average molecular weight is 421 g/mol. The molecule has 0 radical (unpaired) electrons. The van der Waals surface area contributed by atoms with Crippen molar-refractivity contribution in [1.29, 1.82) is 0 Å². The maximum atomic E-state index is 11.0. The average Bonchev–Trinajstić information content (AvgIpc) is 3.31. The molecule has 1 aromatic heterocycles. The van der Waals surface area contributed by atoms with Gasteiger partial charge in [-0.15, -0.1) is 0 Å². The third-order valence-electron chi connectivity index (χ3n) is 3.93. The van der Waals surface area contributed by atoms with Crippen LogP contribution in [0.15, 0.2) is 24.4 Å². The van der Waals surface area contributed by atoms with Crippen molar-refractivity contribution in [3.63, 3.8) is 0 Å². The van der Waals surface area contributed by atoms with Crippen molar-refractivity contribution in [2.24, 2.45) is 5.92 Å². The molecule has 3 rings (SSSR count).